The van der Waals surface area contributed by atoms with E-state index in [1.807, 2.05) is 6.92 Å². The van der Waals surface area contributed by atoms with Gasteiger partial charge in [0.25, 0.3) is 0 Å². The van der Waals surface area contributed by atoms with E-state index in [1.165, 1.54) is 23.9 Å². The van der Waals surface area contributed by atoms with Gasteiger partial charge in [-0.25, -0.2) is 14.8 Å². The number of carbonyl (C=O) groups excluding carboxylic acids is 2. The van der Waals surface area contributed by atoms with E-state index >= 15 is 0 Å². The second-order valence-electron chi connectivity index (χ2n) is 8.18. The molecule has 1 fully saturated rings. The maximum atomic E-state index is 13.4. The lowest BCUT2D eigenvalue weighted by atomic mass is 9.99. The molecule has 0 spiro atoms. The van der Waals surface area contributed by atoms with Crippen LogP contribution in [0, 0.1) is 0 Å². The maximum Gasteiger partial charge on any atom is 0.414 e. The number of hydroxylamine groups is 2. The highest BCUT2D eigenvalue weighted by Gasteiger charge is 2.38. The van der Waals surface area contributed by atoms with Crippen molar-refractivity contribution in [3.05, 3.63) is 24.1 Å². The number of carbonyl (C=O) groups is 2. The number of hydrogen-bond acceptors (Lipinski definition) is 9. The van der Waals surface area contributed by atoms with Gasteiger partial charge in [0.05, 0.1) is 31.7 Å². The van der Waals surface area contributed by atoms with E-state index in [-0.39, 0.29) is 30.2 Å². The molecule has 1 aliphatic rings. The van der Waals surface area contributed by atoms with Crippen molar-refractivity contribution in [1.82, 2.24) is 25.0 Å². The van der Waals surface area contributed by atoms with Crippen molar-refractivity contribution in [2.45, 2.75) is 45.3 Å². The summed E-state index contributed by atoms with van der Waals surface area (Å²) < 4.78 is 17.2. The lowest BCUT2D eigenvalue weighted by Crippen LogP contribution is -2.47. The minimum atomic E-state index is -0.585. The number of rotatable bonds is 7. The van der Waals surface area contributed by atoms with Crippen molar-refractivity contribution in [2.24, 2.45) is 7.05 Å². The summed E-state index contributed by atoms with van der Waals surface area (Å²) in [7, 11) is 4.55. The lowest BCUT2D eigenvalue weighted by molar-refractivity contribution is -0.0772. The Bertz CT molecular complexity index is 1210. The summed E-state index contributed by atoms with van der Waals surface area (Å²) in [6, 6.07) is 3.14. The standard InChI is InChI=1S/C23H30N6O6/c1-6-15-12-14(10-11-34-15)29(23(31)33-7-2)20-19-18(35-21(20)22(30)27(3)32-5)9-8-16(25-19)17-13-24-28(4)26-17/h8-9,13-15H,6-7,10-12H2,1-5H3/t14-,15-/m0/s1. The molecule has 188 valence electrons. The monoisotopic (exact) mass is 486 g/mol. The highest BCUT2D eigenvalue weighted by Crippen LogP contribution is 2.38. The zero-order valence-electron chi connectivity index (χ0n) is 20.6. The molecule has 0 aromatic carbocycles. The highest BCUT2D eigenvalue weighted by molar-refractivity contribution is 6.09. The van der Waals surface area contributed by atoms with Crippen LogP contribution in [0.2, 0.25) is 0 Å². The molecule has 3 aromatic heterocycles. The van der Waals surface area contributed by atoms with Gasteiger partial charge >= 0.3 is 12.0 Å². The van der Waals surface area contributed by atoms with Crippen LogP contribution in [0.15, 0.2) is 22.7 Å². The van der Waals surface area contributed by atoms with Gasteiger partial charge in [-0.3, -0.25) is 14.5 Å². The molecule has 3 aromatic rings. The lowest BCUT2D eigenvalue weighted by Gasteiger charge is -2.36. The Balaban J connectivity index is 1.93. The van der Waals surface area contributed by atoms with Gasteiger partial charge in [-0.05, 0) is 38.3 Å². The second kappa shape index (κ2) is 10.4. The van der Waals surface area contributed by atoms with Crippen LogP contribution in [0.1, 0.15) is 43.7 Å². The minimum absolute atomic E-state index is 0.0206. The van der Waals surface area contributed by atoms with Crippen LogP contribution < -0.4 is 4.90 Å². The van der Waals surface area contributed by atoms with Gasteiger partial charge in [0.15, 0.2) is 5.58 Å². The third kappa shape index (κ3) is 4.84. The van der Waals surface area contributed by atoms with E-state index in [1.54, 1.807) is 32.3 Å². The molecule has 4 rings (SSSR count). The molecule has 0 bridgehead atoms. The minimum Gasteiger partial charge on any atom is -0.449 e. The van der Waals surface area contributed by atoms with Crippen LogP contribution >= 0.6 is 0 Å². The molecule has 0 saturated carbocycles. The zero-order valence-corrected chi connectivity index (χ0v) is 20.6. The predicted molar refractivity (Wildman–Crippen MR) is 126 cm³/mol. The summed E-state index contributed by atoms with van der Waals surface area (Å²) in [5.41, 5.74) is 1.99. The number of aromatic nitrogens is 4. The maximum absolute atomic E-state index is 13.4. The normalized spacial score (nSPS) is 18.0. The van der Waals surface area contributed by atoms with E-state index < -0.39 is 12.0 Å². The molecule has 12 heteroatoms. The third-order valence-electron chi connectivity index (χ3n) is 5.99. The van der Waals surface area contributed by atoms with Gasteiger partial charge in [0.1, 0.15) is 16.9 Å². The molecular weight excluding hydrogens is 456 g/mol. The average molecular weight is 487 g/mol. The Hall–Kier alpha value is -3.51. The highest BCUT2D eigenvalue weighted by atomic mass is 16.7. The van der Waals surface area contributed by atoms with Crippen LogP contribution in [0.5, 0.6) is 0 Å². The smallest absolute Gasteiger partial charge is 0.414 e. The van der Waals surface area contributed by atoms with E-state index in [0.717, 1.165) is 11.5 Å². The summed E-state index contributed by atoms with van der Waals surface area (Å²) in [4.78, 5) is 39.4. The van der Waals surface area contributed by atoms with E-state index in [0.29, 0.717) is 41.9 Å². The summed E-state index contributed by atoms with van der Waals surface area (Å²) in [6.45, 7) is 4.42. The van der Waals surface area contributed by atoms with E-state index in [9.17, 15) is 9.59 Å². The van der Waals surface area contributed by atoms with Gasteiger partial charge in [-0.1, -0.05) is 6.92 Å². The van der Waals surface area contributed by atoms with Crippen LogP contribution in [0.25, 0.3) is 22.5 Å². The fraction of sp³-hybridized carbons (Fsp3) is 0.522. The molecule has 1 aliphatic heterocycles. The molecule has 2 amide bonds. The van der Waals surface area contributed by atoms with E-state index in [4.69, 9.17) is 23.7 Å². The Labute approximate surface area is 202 Å². The largest absolute Gasteiger partial charge is 0.449 e. The SMILES string of the molecule is CCOC(=O)N(c1c(C(=O)N(C)OC)oc2ccc(-c3cnn(C)n3)nc12)[C@H]1CCO[C@@H](CC)C1. The van der Waals surface area contributed by atoms with Crippen molar-refractivity contribution >= 4 is 28.8 Å². The number of fused-ring (bicyclic) bond motifs is 1. The molecule has 0 radical (unpaired) electrons. The van der Waals surface area contributed by atoms with Crippen molar-refractivity contribution < 1.29 is 28.3 Å². The Morgan fingerprint density at radius 3 is 2.71 bits per heavy atom. The Morgan fingerprint density at radius 2 is 2.06 bits per heavy atom. The molecule has 4 heterocycles. The number of furan rings is 1. The first-order valence-electron chi connectivity index (χ1n) is 11.6. The van der Waals surface area contributed by atoms with Gasteiger partial charge < -0.3 is 13.9 Å². The number of pyridine rings is 1. The molecule has 1 saturated heterocycles. The van der Waals surface area contributed by atoms with Crippen molar-refractivity contribution in [1.29, 1.82) is 0 Å². The zero-order chi connectivity index (χ0) is 25.1. The van der Waals surface area contributed by atoms with Gasteiger partial charge in [0.2, 0.25) is 5.76 Å². The molecule has 12 nitrogen and oxygen atoms in total. The first-order chi connectivity index (χ1) is 16.9. The second-order valence-corrected chi connectivity index (χ2v) is 8.18. The van der Waals surface area contributed by atoms with Crippen LogP contribution in [0.3, 0.4) is 0 Å². The number of nitrogens with zero attached hydrogens (tertiary/aromatic N) is 6. The van der Waals surface area contributed by atoms with E-state index in [2.05, 4.69) is 10.2 Å². The number of aryl methyl sites for hydroxylation is 1. The first kappa shape index (κ1) is 24.6. The van der Waals surface area contributed by atoms with Crippen molar-refractivity contribution in [2.75, 3.05) is 32.3 Å². The van der Waals surface area contributed by atoms with Gasteiger partial charge in [0, 0.05) is 26.7 Å². The molecule has 35 heavy (non-hydrogen) atoms. The summed E-state index contributed by atoms with van der Waals surface area (Å²) >= 11 is 0. The molecule has 2 atom stereocenters. The molecular formula is C23H30N6O6. The van der Waals surface area contributed by atoms with Gasteiger partial charge in [-0.15, -0.1) is 0 Å². The van der Waals surface area contributed by atoms with Crippen LogP contribution in [-0.4, -0.2) is 76.6 Å². The third-order valence-corrected chi connectivity index (χ3v) is 5.99. The molecule has 0 aliphatic carbocycles. The number of ether oxygens (including phenoxy) is 2. The molecule has 0 N–H and O–H groups in total. The van der Waals surface area contributed by atoms with Crippen molar-refractivity contribution in [3.8, 4) is 11.4 Å². The fourth-order valence-corrected chi connectivity index (χ4v) is 4.16. The number of anilines is 1. The number of amides is 2. The van der Waals surface area contributed by atoms with Gasteiger partial charge in [-0.2, -0.15) is 15.0 Å². The first-order valence-corrected chi connectivity index (χ1v) is 11.6. The number of hydrogen-bond donors (Lipinski definition) is 0. The average Bonchev–Trinajstić information content (AvgIpc) is 3.47. The topological polar surface area (TPSA) is 125 Å². The summed E-state index contributed by atoms with van der Waals surface area (Å²) in [5, 5.41) is 9.46. The van der Waals surface area contributed by atoms with Crippen LogP contribution in [0.4, 0.5) is 10.5 Å². The Morgan fingerprint density at radius 1 is 1.26 bits per heavy atom. The summed E-state index contributed by atoms with van der Waals surface area (Å²) in [6.07, 6.45) is 2.93. The fourth-order valence-electron chi connectivity index (χ4n) is 4.16. The summed E-state index contributed by atoms with van der Waals surface area (Å²) in [5.74, 6) is -0.629. The molecule has 0 unspecified atom stereocenters. The predicted octanol–water partition coefficient (Wildman–Crippen LogP) is 3.18. The Kier molecular flexibility index (Phi) is 7.31. The van der Waals surface area contributed by atoms with Crippen LogP contribution in [-0.2, 0) is 21.4 Å². The quantitative estimate of drug-likeness (QED) is 0.463. The van der Waals surface area contributed by atoms with Crippen molar-refractivity contribution in [3.63, 3.8) is 0 Å².